The Morgan fingerprint density at radius 2 is 1.84 bits per heavy atom. The number of nitrogens with zero attached hydrogens (tertiary/aromatic N) is 7. The van der Waals surface area contributed by atoms with Crippen LogP contribution in [0.2, 0.25) is 0 Å². The highest BCUT2D eigenvalue weighted by atomic mass is 32.1. The topological polar surface area (TPSA) is 127 Å². The maximum atomic E-state index is 13.7. The maximum absolute atomic E-state index is 13.7. The second-order valence-electron chi connectivity index (χ2n) is 13.4. The summed E-state index contributed by atoms with van der Waals surface area (Å²) < 4.78 is 8.74. The third kappa shape index (κ3) is 5.55. The summed E-state index contributed by atoms with van der Waals surface area (Å²) in [5.41, 5.74) is 3.34. The third-order valence-corrected chi connectivity index (χ3v) is 11.4. The molecule has 5 aromatic rings. The molecule has 3 aliphatic rings. The van der Waals surface area contributed by atoms with Crippen LogP contribution in [0.3, 0.4) is 0 Å². The van der Waals surface area contributed by atoms with Crippen molar-refractivity contribution in [1.29, 1.82) is 0 Å². The van der Waals surface area contributed by atoms with Gasteiger partial charge in [-0.25, -0.2) is 9.97 Å². The van der Waals surface area contributed by atoms with Gasteiger partial charge in [-0.05, 0) is 74.9 Å². The van der Waals surface area contributed by atoms with E-state index in [0.717, 1.165) is 63.1 Å². The average Bonchev–Trinajstić information content (AvgIpc) is 3.47. The zero-order chi connectivity index (χ0) is 33.8. The predicted molar refractivity (Wildman–Crippen MR) is 191 cm³/mol. The number of pyridine rings is 3. The van der Waals surface area contributed by atoms with E-state index in [1.807, 2.05) is 18.3 Å². The van der Waals surface area contributed by atoms with Crippen molar-refractivity contribution in [3.05, 3.63) is 85.8 Å². The quantitative estimate of drug-likeness (QED) is 0.249. The molecule has 2 saturated heterocycles. The van der Waals surface area contributed by atoms with Gasteiger partial charge < -0.3 is 19.5 Å². The van der Waals surface area contributed by atoms with Crippen molar-refractivity contribution in [2.24, 2.45) is 7.05 Å². The minimum Gasteiger partial charge on any atom is -0.378 e. The van der Waals surface area contributed by atoms with Crippen molar-refractivity contribution in [2.75, 3.05) is 36.5 Å². The van der Waals surface area contributed by atoms with Crippen LogP contribution in [0.4, 0.5) is 17.2 Å². The number of thiophene rings is 1. The number of carbonyl (C=O) groups is 1. The molecule has 12 nitrogen and oxygen atoms in total. The maximum Gasteiger partial charge on any atom is 0.290 e. The van der Waals surface area contributed by atoms with E-state index in [0.29, 0.717) is 51.7 Å². The van der Waals surface area contributed by atoms with Crippen LogP contribution in [0, 0.1) is 0 Å². The van der Waals surface area contributed by atoms with Gasteiger partial charge in [-0.15, -0.1) is 11.3 Å². The molecule has 252 valence electrons. The Labute approximate surface area is 287 Å². The Balaban J connectivity index is 1.08. The minimum absolute atomic E-state index is 0.150. The van der Waals surface area contributed by atoms with Crippen LogP contribution in [0.15, 0.2) is 58.6 Å². The summed E-state index contributed by atoms with van der Waals surface area (Å²) in [6.45, 7) is 7.97. The van der Waals surface area contributed by atoms with Crippen molar-refractivity contribution in [3.8, 4) is 16.9 Å². The summed E-state index contributed by atoms with van der Waals surface area (Å²) in [6.07, 6.45) is 11.6. The van der Waals surface area contributed by atoms with Gasteiger partial charge in [0.1, 0.15) is 16.2 Å². The lowest BCUT2D eigenvalue weighted by Crippen LogP contribution is -2.63. The number of carbonyl (C=O) groups excluding carboxylic acids is 1. The highest BCUT2D eigenvalue weighted by Gasteiger charge is 2.36. The molecule has 0 radical (unpaired) electrons. The number of anilines is 3. The molecule has 2 fully saturated rings. The smallest absolute Gasteiger partial charge is 0.290 e. The van der Waals surface area contributed by atoms with E-state index < -0.39 is 0 Å². The highest BCUT2D eigenvalue weighted by molar-refractivity contribution is 7.19. The van der Waals surface area contributed by atoms with Crippen LogP contribution < -0.4 is 21.3 Å². The number of piperazine rings is 1. The molecular weight excluding hydrogens is 641 g/mol. The second-order valence-corrected chi connectivity index (χ2v) is 14.5. The lowest BCUT2D eigenvalue weighted by Gasteiger charge is -2.50. The molecule has 0 saturated carbocycles. The summed E-state index contributed by atoms with van der Waals surface area (Å²) in [4.78, 5) is 54.9. The monoisotopic (exact) mass is 678 g/mol. The number of aldehydes is 1. The largest absolute Gasteiger partial charge is 0.378 e. The van der Waals surface area contributed by atoms with Crippen LogP contribution in [0.5, 0.6) is 0 Å². The van der Waals surface area contributed by atoms with Crippen LogP contribution in [0.25, 0.3) is 27.0 Å². The Morgan fingerprint density at radius 3 is 2.59 bits per heavy atom. The van der Waals surface area contributed by atoms with Crippen molar-refractivity contribution in [3.63, 3.8) is 0 Å². The molecule has 0 spiro atoms. The van der Waals surface area contributed by atoms with E-state index in [-0.39, 0.29) is 22.5 Å². The standard InChI is InChI=1S/C36H38N8O4S/c1-21-16-43(25-19-48-20-25)22(2)15-42(21)24-8-9-32(38-13-24)40-30-12-23(17-41(3)35(30)46)26-10-11-37-34(29(26)18-45)44-36(47)33-28(14-39-44)27-6-4-5-7-31(27)49-33/h8-14,17-18,21-22,25H,4-7,15-16,19-20H2,1-3H3,(H,38,40)/t21-,22+/m0/s1. The summed E-state index contributed by atoms with van der Waals surface area (Å²) >= 11 is 1.52. The summed E-state index contributed by atoms with van der Waals surface area (Å²) in [5, 5.41) is 8.56. The van der Waals surface area contributed by atoms with Gasteiger partial charge in [-0.2, -0.15) is 9.78 Å². The molecule has 0 unspecified atom stereocenters. The fourth-order valence-corrected chi connectivity index (χ4v) is 8.74. The first-order valence-electron chi connectivity index (χ1n) is 16.8. The molecule has 13 heteroatoms. The first-order chi connectivity index (χ1) is 23.8. The molecule has 2 atom stereocenters. The molecule has 0 aromatic carbocycles. The van der Waals surface area contributed by atoms with E-state index >= 15 is 0 Å². The lowest BCUT2D eigenvalue weighted by atomic mass is 9.97. The second kappa shape index (κ2) is 12.6. The van der Waals surface area contributed by atoms with Crippen molar-refractivity contribution in [2.45, 2.75) is 57.7 Å². The zero-order valence-corrected chi connectivity index (χ0v) is 28.6. The normalized spacial score (nSPS) is 19.9. The SMILES string of the molecule is C[C@@H]1CN(c2ccc(Nc3cc(-c4ccnc(-n5ncc6c7c(sc6c5=O)CCCC7)c4C=O)cn(C)c3=O)nc2)[C@@H](C)CN1C1COC1. The van der Waals surface area contributed by atoms with Crippen molar-refractivity contribution in [1.82, 2.24) is 29.2 Å². The van der Waals surface area contributed by atoms with E-state index in [1.54, 1.807) is 37.8 Å². The van der Waals surface area contributed by atoms with E-state index in [4.69, 9.17) is 4.74 Å². The van der Waals surface area contributed by atoms with Crippen molar-refractivity contribution < 1.29 is 9.53 Å². The third-order valence-electron chi connectivity index (χ3n) is 10.1. The van der Waals surface area contributed by atoms with Gasteiger partial charge in [0.25, 0.3) is 11.1 Å². The molecule has 8 rings (SSSR count). The Kier molecular flexibility index (Phi) is 8.13. The fraction of sp³-hybridized carbons (Fsp3) is 0.389. The number of nitrogens with one attached hydrogen (secondary N) is 1. The van der Waals surface area contributed by atoms with E-state index in [9.17, 15) is 14.4 Å². The summed E-state index contributed by atoms with van der Waals surface area (Å²) in [6, 6.07) is 8.54. The lowest BCUT2D eigenvalue weighted by molar-refractivity contribution is -0.0828. The Bertz CT molecular complexity index is 2190. The van der Waals surface area contributed by atoms with E-state index in [2.05, 4.69) is 44.0 Å². The number of hydrogen-bond acceptors (Lipinski definition) is 11. The molecule has 1 aliphatic carbocycles. The van der Waals surface area contributed by atoms with Crippen LogP contribution in [-0.4, -0.2) is 79.9 Å². The van der Waals surface area contributed by atoms with Gasteiger partial charge in [-0.1, -0.05) is 0 Å². The molecular formula is C36H38N8O4S. The minimum atomic E-state index is -0.291. The zero-order valence-electron chi connectivity index (χ0n) is 27.8. The predicted octanol–water partition coefficient (Wildman–Crippen LogP) is 4.34. The highest BCUT2D eigenvalue weighted by Crippen LogP contribution is 2.35. The number of fused-ring (bicyclic) bond motifs is 3. The molecule has 1 N–H and O–H groups in total. The van der Waals surface area contributed by atoms with Gasteiger partial charge in [0.05, 0.1) is 42.9 Å². The molecule has 5 aromatic heterocycles. The van der Waals surface area contributed by atoms with Gasteiger partial charge in [0.15, 0.2) is 12.1 Å². The number of ether oxygens (including phenoxy) is 1. The van der Waals surface area contributed by atoms with Crippen LogP contribution in [-0.2, 0) is 24.6 Å². The summed E-state index contributed by atoms with van der Waals surface area (Å²) in [5.74, 6) is 0.675. The Morgan fingerprint density at radius 1 is 1.00 bits per heavy atom. The summed E-state index contributed by atoms with van der Waals surface area (Å²) in [7, 11) is 1.66. The Hall–Kier alpha value is -4.72. The number of rotatable bonds is 7. The molecule has 49 heavy (non-hydrogen) atoms. The number of aryl methyl sites for hydroxylation is 3. The van der Waals surface area contributed by atoms with Crippen LogP contribution in [0.1, 0.15) is 47.5 Å². The first-order valence-corrected chi connectivity index (χ1v) is 17.6. The van der Waals surface area contributed by atoms with Gasteiger partial charge in [0, 0.05) is 60.4 Å². The molecule has 7 heterocycles. The van der Waals surface area contributed by atoms with Crippen LogP contribution >= 0.6 is 11.3 Å². The van der Waals surface area contributed by atoms with Gasteiger partial charge >= 0.3 is 0 Å². The van der Waals surface area contributed by atoms with Gasteiger partial charge in [0.2, 0.25) is 0 Å². The average molecular weight is 679 g/mol. The molecule has 0 amide bonds. The first kappa shape index (κ1) is 31.5. The molecule has 2 aliphatic heterocycles. The van der Waals surface area contributed by atoms with E-state index in [1.165, 1.54) is 31.0 Å². The number of aromatic nitrogens is 5. The van der Waals surface area contributed by atoms with Crippen molar-refractivity contribution >= 4 is 44.9 Å². The van der Waals surface area contributed by atoms with Gasteiger partial charge in [-0.3, -0.25) is 19.3 Å². The fourth-order valence-electron chi connectivity index (χ4n) is 7.45. The number of hydrogen-bond donors (Lipinski definition) is 1. The molecule has 0 bridgehead atoms.